The lowest BCUT2D eigenvalue weighted by molar-refractivity contribution is -0.161. The normalized spacial score (nSPS) is 19.6. The molecule has 1 saturated heterocycles. The number of carbonyl (C=O) groups excluding carboxylic acids is 2. The fourth-order valence-electron chi connectivity index (χ4n) is 8.02. The van der Waals surface area contributed by atoms with E-state index in [2.05, 4.69) is 72.6 Å². The third-order valence-electron chi connectivity index (χ3n) is 12.4. The third-order valence-corrected chi connectivity index (χ3v) is 15.0. The van der Waals surface area contributed by atoms with Gasteiger partial charge in [0, 0.05) is 19.0 Å². The van der Waals surface area contributed by atoms with Gasteiger partial charge < -0.3 is 45.1 Å². The van der Waals surface area contributed by atoms with Gasteiger partial charge >= 0.3 is 33.3 Å². The van der Waals surface area contributed by atoms with Crippen molar-refractivity contribution in [1.29, 1.82) is 0 Å². The SMILES string of the molecule is CC/C=C\C/C=C\C/C=C\C/C=C\C/C=C\C=C/C(O)CCC(=O)O[C@H](COC(=O)CCCCCCCCCCCCCCCCCCC(C)C)COP(=O)(O)OP(=O)(O)OC[C@H]1O[C@@H](n2ccc(N)nc2=O)[C@H](O)[C@@H]1O. The lowest BCUT2D eigenvalue weighted by Gasteiger charge is -2.21. The number of unbranched alkanes of at least 4 members (excludes halogenated alkanes) is 15. The van der Waals surface area contributed by atoms with Gasteiger partial charge in [0.05, 0.1) is 19.3 Å². The summed E-state index contributed by atoms with van der Waals surface area (Å²) in [6.45, 7) is 4.16. The second kappa shape index (κ2) is 42.1. The van der Waals surface area contributed by atoms with Crippen LogP contribution in [0.1, 0.15) is 188 Å². The molecule has 2 rings (SSSR count). The van der Waals surface area contributed by atoms with Crippen molar-refractivity contribution in [2.75, 3.05) is 25.6 Å². The largest absolute Gasteiger partial charge is 0.481 e. The number of anilines is 1. The zero-order valence-corrected chi connectivity index (χ0v) is 47.8. The van der Waals surface area contributed by atoms with Crippen LogP contribution in [0.25, 0.3) is 0 Å². The van der Waals surface area contributed by atoms with Crippen LogP contribution in [0.2, 0.25) is 0 Å². The number of aromatic nitrogens is 2. The molecule has 0 radical (unpaired) electrons. The van der Waals surface area contributed by atoms with E-state index < -0.39 is 89.8 Å². The summed E-state index contributed by atoms with van der Waals surface area (Å²) < 4.78 is 56.7. The van der Waals surface area contributed by atoms with Crippen LogP contribution in [0, 0.1) is 5.92 Å². The molecule has 7 N–H and O–H groups in total. The quantitative estimate of drug-likeness (QED) is 0.0116. The molecule has 2 heterocycles. The molecule has 1 aromatic rings. The smallest absolute Gasteiger partial charge is 0.462 e. The third kappa shape index (κ3) is 35.4. The molecule has 1 aliphatic heterocycles. The van der Waals surface area contributed by atoms with Gasteiger partial charge in [-0.05, 0) is 56.9 Å². The van der Waals surface area contributed by atoms with Gasteiger partial charge in [-0.3, -0.25) is 23.2 Å². The number of esters is 2. The number of nitrogen functional groups attached to an aromatic ring is 1. The Hall–Kier alpha value is -3.84. The van der Waals surface area contributed by atoms with Crippen LogP contribution in [-0.4, -0.2) is 96.9 Å². The van der Waals surface area contributed by atoms with E-state index in [0.717, 1.165) is 68.0 Å². The Morgan fingerprint density at radius 2 is 1.22 bits per heavy atom. The number of ether oxygens (including phenoxy) is 3. The van der Waals surface area contributed by atoms with Crippen molar-refractivity contribution in [3.8, 4) is 0 Å². The van der Waals surface area contributed by atoms with Gasteiger partial charge in [-0.25, -0.2) is 13.9 Å². The zero-order chi connectivity index (χ0) is 56.6. The molecule has 8 atom stereocenters. The van der Waals surface area contributed by atoms with E-state index in [1.807, 2.05) is 12.2 Å². The summed E-state index contributed by atoms with van der Waals surface area (Å²) in [5.41, 5.74) is 4.58. The molecular weight excluding hydrogens is 1030 g/mol. The van der Waals surface area contributed by atoms with Crippen molar-refractivity contribution >= 4 is 33.4 Å². The molecule has 0 bridgehead atoms. The molecule has 0 aliphatic carbocycles. The van der Waals surface area contributed by atoms with Gasteiger partial charge in [0.2, 0.25) is 0 Å². The number of aliphatic hydroxyl groups excluding tert-OH is 3. The topological polar surface area (TPSA) is 286 Å². The predicted octanol–water partition coefficient (Wildman–Crippen LogP) is 11.3. The highest BCUT2D eigenvalue weighted by atomic mass is 31.3. The Balaban J connectivity index is 1.83. The van der Waals surface area contributed by atoms with Crippen molar-refractivity contribution in [3.63, 3.8) is 0 Å². The van der Waals surface area contributed by atoms with Crippen LogP contribution in [0.5, 0.6) is 0 Å². The fraction of sp³-hybridized carbons (Fsp3) is 0.679. The number of hydrogen-bond acceptors (Lipinski definition) is 16. The van der Waals surface area contributed by atoms with Gasteiger partial charge in [0.15, 0.2) is 12.3 Å². The maximum absolute atomic E-state index is 12.9. The Labute approximate surface area is 457 Å². The molecular formula is C56H93N3O16P2. The Morgan fingerprint density at radius 3 is 1.77 bits per heavy atom. The van der Waals surface area contributed by atoms with Crippen LogP contribution in [0.15, 0.2) is 90.0 Å². The summed E-state index contributed by atoms with van der Waals surface area (Å²) >= 11 is 0. The number of carbonyl (C=O) groups is 2. The van der Waals surface area contributed by atoms with E-state index in [1.54, 1.807) is 12.2 Å². The Bertz CT molecular complexity index is 2110. The number of rotatable bonds is 45. The van der Waals surface area contributed by atoms with Gasteiger partial charge in [-0.2, -0.15) is 9.29 Å². The summed E-state index contributed by atoms with van der Waals surface area (Å²) in [7, 11) is -11.0. The van der Waals surface area contributed by atoms with E-state index in [9.17, 15) is 48.6 Å². The molecule has 0 saturated carbocycles. The first-order valence-corrected chi connectivity index (χ1v) is 30.9. The highest BCUT2D eigenvalue weighted by Gasteiger charge is 2.46. The van der Waals surface area contributed by atoms with Gasteiger partial charge in [-0.15, -0.1) is 0 Å². The summed E-state index contributed by atoms with van der Waals surface area (Å²) in [5, 5.41) is 31.4. The van der Waals surface area contributed by atoms with E-state index in [0.29, 0.717) is 12.8 Å². The number of nitrogens with two attached hydrogens (primary N) is 1. The van der Waals surface area contributed by atoms with Crippen molar-refractivity contribution in [3.05, 3.63) is 95.7 Å². The average molecular weight is 1130 g/mol. The minimum absolute atomic E-state index is 0.0518. The minimum atomic E-state index is -5.49. The Kier molecular flexibility index (Phi) is 37.9. The second-order valence-corrected chi connectivity index (χ2v) is 22.8. The van der Waals surface area contributed by atoms with E-state index in [4.69, 9.17) is 29.0 Å². The molecule has 19 nitrogen and oxygen atoms in total. The molecule has 0 spiro atoms. The van der Waals surface area contributed by atoms with Gasteiger partial charge in [0.1, 0.15) is 30.7 Å². The fourth-order valence-corrected chi connectivity index (χ4v) is 10.1. The Morgan fingerprint density at radius 1 is 0.701 bits per heavy atom. The number of aliphatic hydroxyl groups is 3. The summed E-state index contributed by atoms with van der Waals surface area (Å²) in [4.78, 5) is 62.1. The molecule has 0 amide bonds. The second-order valence-electron chi connectivity index (χ2n) is 19.7. The molecule has 1 aliphatic rings. The maximum atomic E-state index is 12.9. The number of phosphoric acid groups is 2. The van der Waals surface area contributed by atoms with E-state index in [1.165, 1.54) is 89.2 Å². The first-order chi connectivity index (χ1) is 36.9. The molecule has 438 valence electrons. The average Bonchev–Trinajstić information content (AvgIpc) is 3.66. The lowest BCUT2D eigenvalue weighted by Crippen LogP contribution is -2.36. The number of phosphoric ester groups is 2. The minimum Gasteiger partial charge on any atom is -0.462 e. The molecule has 1 fully saturated rings. The van der Waals surface area contributed by atoms with Gasteiger partial charge in [-0.1, -0.05) is 196 Å². The van der Waals surface area contributed by atoms with Crippen LogP contribution in [-0.2, 0) is 46.3 Å². The van der Waals surface area contributed by atoms with Crippen molar-refractivity contribution < 1.29 is 71.4 Å². The van der Waals surface area contributed by atoms with Crippen molar-refractivity contribution in [2.45, 2.75) is 218 Å². The highest BCUT2D eigenvalue weighted by molar-refractivity contribution is 7.61. The molecule has 1 aromatic heterocycles. The van der Waals surface area contributed by atoms with Crippen LogP contribution < -0.4 is 11.4 Å². The van der Waals surface area contributed by atoms with E-state index >= 15 is 0 Å². The van der Waals surface area contributed by atoms with Crippen molar-refractivity contribution in [2.24, 2.45) is 5.92 Å². The zero-order valence-electron chi connectivity index (χ0n) is 46.0. The molecule has 77 heavy (non-hydrogen) atoms. The van der Waals surface area contributed by atoms with Crippen LogP contribution in [0.4, 0.5) is 5.82 Å². The van der Waals surface area contributed by atoms with Crippen LogP contribution >= 0.6 is 15.6 Å². The predicted molar refractivity (Wildman–Crippen MR) is 299 cm³/mol. The highest BCUT2D eigenvalue weighted by Crippen LogP contribution is 2.60. The standard InChI is InChI=1S/C56H93N3O16P2/c1-4-5-6-7-8-9-10-11-12-16-19-22-25-28-31-34-37-47(60)39-40-52(62)73-48(43-70-51(61)38-35-32-29-26-23-20-17-14-13-15-18-21-24-27-30-33-36-46(2)3)44-71-76(66,67)75-77(68,69)72-45-49-53(63)54(64)55(74-49)59-42-41-50(57)58-56(59)65/h5-6,8-9,11-12,19,22,28,31,34,37,41-42,46-49,53-55,60,63-64H,4,7,10,13-18,20-21,23-27,29-30,32-33,35-36,38-40,43-45H2,1-3H3,(H,66,67)(H,68,69)(H2,57,58,65)/b6-5-,9-8-,12-11-,22-19-,31-28-,37-34-/t47?,48-,49-,53-,54-,55-/m1/s1. The summed E-state index contributed by atoms with van der Waals surface area (Å²) in [5.74, 6) is -0.787. The number of hydrogen-bond donors (Lipinski definition) is 6. The first kappa shape index (κ1) is 69.3. The summed E-state index contributed by atoms with van der Waals surface area (Å²) in [6.07, 6.45) is 40.2. The maximum Gasteiger partial charge on any atom is 0.481 e. The molecule has 3 unspecified atom stereocenters. The summed E-state index contributed by atoms with van der Waals surface area (Å²) in [6, 6.07) is 1.24. The first-order valence-electron chi connectivity index (χ1n) is 27.9. The number of nitrogens with zero attached hydrogens (tertiary/aromatic N) is 2. The number of allylic oxidation sites excluding steroid dienone is 11. The van der Waals surface area contributed by atoms with Crippen LogP contribution in [0.3, 0.4) is 0 Å². The molecule has 0 aromatic carbocycles. The monoisotopic (exact) mass is 1130 g/mol. The van der Waals surface area contributed by atoms with Gasteiger partial charge in [0.25, 0.3) is 0 Å². The van der Waals surface area contributed by atoms with Crippen molar-refractivity contribution in [1.82, 2.24) is 9.55 Å². The van der Waals surface area contributed by atoms with E-state index in [-0.39, 0.29) is 25.1 Å². The lowest BCUT2D eigenvalue weighted by atomic mass is 10.0. The molecule has 21 heteroatoms.